The number of aliphatic carboxylic acids is 1. The highest BCUT2D eigenvalue weighted by atomic mass is 32.1. The zero-order chi connectivity index (χ0) is 17.2. The average Bonchev–Trinajstić information content (AvgIpc) is 2.88. The smallest absolute Gasteiger partial charge is 0.326 e. The van der Waals surface area contributed by atoms with Gasteiger partial charge in [0.15, 0.2) is 0 Å². The number of hydrogen-bond acceptors (Lipinski definition) is 3. The molecule has 2 atom stereocenters. The summed E-state index contributed by atoms with van der Waals surface area (Å²) in [4.78, 5) is 25.0. The van der Waals surface area contributed by atoms with E-state index in [9.17, 15) is 14.7 Å². The molecule has 2 rings (SSSR count). The third-order valence-electron chi connectivity index (χ3n) is 4.81. The molecule has 0 radical (unpaired) electrons. The highest BCUT2D eigenvalue weighted by molar-refractivity contribution is 7.10. The zero-order valence-corrected chi connectivity index (χ0v) is 15.3. The van der Waals surface area contributed by atoms with Crippen LogP contribution in [0.4, 0.5) is 0 Å². The lowest BCUT2D eigenvalue weighted by Gasteiger charge is -2.34. The normalized spacial score (nSPS) is 19.0. The Bertz CT molecular complexity index is 586. The summed E-state index contributed by atoms with van der Waals surface area (Å²) in [6, 6.07) is -0.797. The predicted molar refractivity (Wildman–Crippen MR) is 93.1 cm³/mol. The molecule has 1 heterocycles. The van der Waals surface area contributed by atoms with Crippen molar-refractivity contribution in [2.75, 3.05) is 0 Å². The Hall–Kier alpha value is -1.36. The van der Waals surface area contributed by atoms with E-state index in [2.05, 4.69) is 26.1 Å². The van der Waals surface area contributed by atoms with Crippen LogP contribution in [0.3, 0.4) is 0 Å². The van der Waals surface area contributed by atoms with Crippen LogP contribution in [0.2, 0.25) is 0 Å². The molecule has 0 aromatic carbocycles. The van der Waals surface area contributed by atoms with Crippen LogP contribution in [0, 0.1) is 11.3 Å². The lowest BCUT2D eigenvalue weighted by molar-refractivity contribution is -0.139. The van der Waals surface area contributed by atoms with Gasteiger partial charge in [0.25, 0.3) is 5.91 Å². The number of carbonyl (C=O) groups is 2. The van der Waals surface area contributed by atoms with Crippen molar-refractivity contribution in [3.05, 3.63) is 21.4 Å². The van der Waals surface area contributed by atoms with E-state index in [1.807, 2.05) is 12.3 Å². The summed E-state index contributed by atoms with van der Waals surface area (Å²) in [6.45, 7) is 8.73. The molecule has 128 valence electrons. The first-order chi connectivity index (χ1) is 10.7. The summed E-state index contributed by atoms with van der Waals surface area (Å²) in [7, 11) is 0. The SMILES string of the molecule is CCCC(NC(=O)c1csc2c1CCC(C(C)(C)C)C2)C(=O)O. The standard InChI is InChI=1S/C18H27NO3S/c1-5-6-14(17(21)22)19-16(20)13-10-23-15-9-11(18(2,3)4)7-8-12(13)15/h10-11,14H,5-9H2,1-4H3,(H,19,20)(H,21,22). The number of rotatable bonds is 5. The van der Waals surface area contributed by atoms with Crippen LogP contribution in [-0.2, 0) is 17.6 Å². The molecule has 0 aliphatic heterocycles. The molecule has 2 unspecified atom stereocenters. The van der Waals surface area contributed by atoms with E-state index in [0.29, 0.717) is 17.9 Å². The van der Waals surface area contributed by atoms with Crippen LogP contribution in [0.15, 0.2) is 5.38 Å². The van der Waals surface area contributed by atoms with E-state index in [4.69, 9.17) is 0 Å². The summed E-state index contributed by atoms with van der Waals surface area (Å²) < 4.78 is 0. The number of carbonyl (C=O) groups excluding carboxylic acids is 1. The minimum Gasteiger partial charge on any atom is -0.480 e. The second-order valence-electron chi connectivity index (χ2n) is 7.51. The number of carboxylic acids is 1. The number of fused-ring (bicyclic) bond motifs is 1. The molecule has 5 heteroatoms. The largest absolute Gasteiger partial charge is 0.480 e. The minimum atomic E-state index is -0.961. The first-order valence-corrected chi connectivity index (χ1v) is 9.24. The molecule has 4 nitrogen and oxygen atoms in total. The van der Waals surface area contributed by atoms with Crippen molar-refractivity contribution in [3.63, 3.8) is 0 Å². The predicted octanol–water partition coefficient (Wildman–Crippen LogP) is 3.88. The summed E-state index contributed by atoms with van der Waals surface area (Å²) in [5.74, 6) is -0.564. The van der Waals surface area contributed by atoms with E-state index in [0.717, 1.165) is 31.2 Å². The molecule has 1 amide bonds. The van der Waals surface area contributed by atoms with Crippen molar-refractivity contribution in [2.45, 2.75) is 65.8 Å². The first-order valence-electron chi connectivity index (χ1n) is 8.37. The third kappa shape index (κ3) is 4.14. The first kappa shape index (κ1) is 18.0. The summed E-state index contributed by atoms with van der Waals surface area (Å²) in [5.41, 5.74) is 2.09. The molecule has 0 fully saturated rings. The Kier molecular flexibility index (Phi) is 5.50. The van der Waals surface area contributed by atoms with Crippen molar-refractivity contribution in [1.82, 2.24) is 5.32 Å². The van der Waals surface area contributed by atoms with Crippen LogP contribution >= 0.6 is 11.3 Å². The Morgan fingerprint density at radius 2 is 2.13 bits per heavy atom. The molecule has 0 spiro atoms. The number of amides is 1. The van der Waals surface area contributed by atoms with Gasteiger partial charge in [-0.25, -0.2) is 4.79 Å². The van der Waals surface area contributed by atoms with Crippen LogP contribution in [0.5, 0.6) is 0 Å². The highest BCUT2D eigenvalue weighted by Crippen LogP contribution is 2.40. The van der Waals surface area contributed by atoms with Gasteiger partial charge in [-0.2, -0.15) is 0 Å². The van der Waals surface area contributed by atoms with Crippen LogP contribution in [-0.4, -0.2) is 23.0 Å². The van der Waals surface area contributed by atoms with Crippen LogP contribution in [0.25, 0.3) is 0 Å². The third-order valence-corrected chi connectivity index (χ3v) is 5.86. The van der Waals surface area contributed by atoms with Gasteiger partial charge >= 0.3 is 5.97 Å². The van der Waals surface area contributed by atoms with Crippen LogP contribution in [0.1, 0.15) is 67.8 Å². The van der Waals surface area contributed by atoms with Crippen molar-refractivity contribution in [1.29, 1.82) is 0 Å². The quantitative estimate of drug-likeness (QED) is 0.857. The number of thiophene rings is 1. The summed E-state index contributed by atoms with van der Waals surface area (Å²) >= 11 is 1.64. The maximum Gasteiger partial charge on any atom is 0.326 e. The fraction of sp³-hybridized carbons (Fsp3) is 0.667. The number of nitrogens with one attached hydrogen (secondary N) is 1. The Morgan fingerprint density at radius 3 is 2.70 bits per heavy atom. The lowest BCUT2D eigenvalue weighted by atomic mass is 9.72. The molecule has 2 N–H and O–H groups in total. The molecule has 0 saturated carbocycles. The van der Waals surface area contributed by atoms with Crippen molar-refractivity contribution in [3.8, 4) is 0 Å². The van der Waals surface area contributed by atoms with Crippen molar-refractivity contribution in [2.24, 2.45) is 11.3 Å². The second-order valence-corrected chi connectivity index (χ2v) is 8.47. The van der Waals surface area contributed by atoms with Gasteiger partial charge in [0, 0.05) is 10.3 Å². The Balaban J connectivity index is 2.13. The minimum absolute atomic E-state index is 0.238. The molecule has 0 bridgehead atoms. The molecule has 1 aliphatic carbocycles. The molecule has 1 aromatic heterocycles. The number of hydrogen-bond donors (Lipinski definition) is 2. The van der Waals surface area contributed by atoms with Gasteiger partial charge in [0.2, 0.25) is 0 Å². The zero-order valence-electron chi connectivity index (χ0n) is 14.4. The van der Waals surface area contributed by atoms with E-state index in [1.54, 1.807) is 11.3 Å². The van der Waals surface area contributed by atoms with Gasteiger partial charge in [-0.15, -0.1) is 11.3 Å². The monoisotopic (exact) mass is 337 g/mol. The molecular weight excluding hydrogens is 310 g/mol. The van der Waals surface area contributed by atoms with Crippen LogP contribution < -0.4 is 5.32 Å². The molecule has 0 saturated heterocycles. The fourth-order valence-corrected chi connectivity index (χ4v) is 4.39. The van der Waals surface area contributed by atoms with Gasteiger partial charge in [-0.1, -0.05) is 34.1 Å². The lowest BCUT2D eigenvalue weighted by Crippen LogP contribution is -2.41. The van der Waals surface area contributed by atoms with Crippen molar-refractivity contribution < 1.29 is 14.7 Å². The van der Waals surface area contributed by atoms with Gasteiger partial charge in [-0.05, 0) is 42.6 Å². The van der Waals surface area contributed by atoms with E-state index < -0.39 is 12.0 Å². The summed E-state index contributed by atoms with van der Waals surface area (Å²) in [6.07, 6.45) is 4.21. The number of carboxylic acid groups (broad SMARTS) is 1. The maximum absolute atomic E-state index is 12.5. The van der Waals surface area contributed by atoms with Gasteiger partial charge in [0.05, 0.1) is 5.56 Å². The fourth-order valence-electron chi connectivity index (χ4n) is 3.22. The topological polar surface area (TPSA) is 66.4 Å². The molecular formula is C18H27NO3S. The van der Waals surface area contributed by atoms with Gasteiger partial charge in [0.1, 0.15) is 6.04 Å². The van der Waals surface area contributed by atoms with E-state index >= 15 is 0 Å². The van der Waals surface area contributed by atoms with E-state index in [1.165, 1.54) is 4.88 Å². The highest BCUT2D eigenvalue weighted by Gasteiger charge is 2.32. The second kappa shape index (κ2) is 7.04. The maximum atomic E-state index is 12.5. The molecule has 1 aromatic rings. The Morgan fingerprint density at radius 1 is 1.43 bits per heavy atom. The van der Waals surface area contributed by atoms with Gasteiger partial charge < -0.3 is 10.4 Å². The Labute approximate surface area is 142 Å². The van der Waals surface area contributed by atoms with Gasteiger partial charge in [-0.3, -0.25) is 4.79 Å². The molecule has 23 heavy (non-hydrogen) atoms. The average molecular weight is 337 g/mol. The molecule has 1 aliphatic rings. The van der Waals surface area contributed by atoms with E-state index in [-0.39, 0.29) is 11.3 Å². The van der Waals surface area contributed by atoms with Crippen molar-refractivity contribution >= 4 is 23.2 Å². The summed E-state index contributed by atoms with van der Waals surface area (Å²) in [5, 5.41) is 13.8.